The van der Waals surface area contributed by atoms with Crippen molar-refractivity contribution < 1.29 is 9.21 Å². The van der Waals surface area contributed by atoms with E-state index in [1.54, 1.807) is 17.8 Å². The van der Waals surface area contributed by atoms with Crippen molar-refractivity contribution in [2.75, 3.05) is 0 Å². The molecular formula is C13H13ClN2O2S. The minimum absolute atomic E-state index is 0.217. The molecule has 0 spiro atoms. The van der Waals surface area contributed by atoms with Gasteiger partial charge in [-0.15, -0.1) is 11.8 Å². The molecule has 0 saturated heterocycles. The summed E-state index contributed by atoms with van der Waals surface area (Å²) in [7, 11) is 0. The first kappa shape index (κ1) is 14.0. The van der Waals surface area contributed by atoms with Crippen molar-refractivity contribution in [3.05, 3.63) is 52.4 Å². The fourth-order valence-corrected chi connectivity index (χ4v) is 2.84. The standard InChI is InChI=1S/C13H13ClN2O2S/c1-8-9(6-11(18-8)13(17)16-15)7-19-12-5-3-2-4-10(12)14/h2-6H,7,15H2,1H3,(H,16,17). The zero-order chi connectivity index (χ0) is 13.8. The van der Waals surface area contributed by atoms with Crippen LogP contribution in [-0.2, 0) is 5.75 Å². The first-order valence-electron chi connectivity index (χ1n) is 5.59. The van der Waals surface area contributed by atoms with Crippen LogP contribution in [0.1, 0.15) is 21.9 Å². The molecular weight excluding hydrogens is 284 g/mol. The Morgan fingerprint density at radius 2 is 2.21 bits per heavy atom. The largest absolute Gasteiger partial charge is 0.456 e. The van der Waals surface area contributed by atoms with Gasteiger partial charge >= 0.3 is 5.91 Å². The Bertz CT molecular complexity index is 598. The van der Waals surface area contributed by atoms with Crippen molar-refractivity contribution in [1.29, 1.82) is 0 Å². The Hall–Kier alpha value is -1.43. The molecule has 0 aliphatic heterocycles. The van der Waals surface area contributed by atoms with Gasteiger partial charge in [-0.25, -0.2) is 5.84 Å². The molecule has 1 aromatic heterocycles. The highest BCUT2D eigenvalue weighted by Crippen LogP contribution is 2.31. The number of hydrogen-bond acceptors (Lipinski definition) is 4. The minimum atomic E-state index is -0.433. The second-order valence-corrected chi connectivity index (χ2v) is 5.31. The molecule has 0 fully saturated rings. The molecule has 0 atom stereocenters. The van der Waals surface area contributed by atoms with Gasteiger partial charge in [-0.2, -0.15) is 0 Å². The summed E-state index contributed by atoms with van der Waals surface area (Å²) >= 11 is 7.68. The number of amides is 1. The van der Waals surface area contributed by atoms with E-state index in [0.29, 0.717) is 16.5 Å². The van der Waals surface area contributed by atoms with E-state index >= 15 is 0 Å². The Balaban J connectivity index is 2.10. The summed E-state index contributed by atoms with van der Waals surface area (Å²) in [5, 5.41) is 0.716. The van der Waals surface area contributed by atoms with E-state index in [2.05, 4.69) is 0 Å². The molecule has 0 aliphatic carbocycles. The van der Waals surface area contributed by atoms with Crippen molar-refractivity contribution in [3.8, 4) is 0 Å². The maximum Gasteiger partial charge on any atom is 0.300 e. The number of carbonyl (C=O) groups excluding carboxylic acids is 1. The average molecular weight is 297 g/mol. The predicted molar refractivity (Wildman–Crippen MR) is 76.1 cm³/mol. The normalized spacial score (nSPS) is 10.5. The number of furan rings is 1. The summed E-state index contributed by atoms with van der Waals surface area (Å²) in [6.07, 6.45) is 0. The lowest BCUT2D eigenvalue weighted by molar-refractivity contribution is 0.0924. The Labute approximate surface area is 120 Å². The highest BCUT2D eigenvalue weighted by Gasteiger charge is 2.13. The van der Waals surface area contributed by atoms with Gasteiger partial charge in [0.15, 0.2) is 5.76 Å². The van der Waals surface area contributed by atoms with Gasteiger partial charge in [0.25, 0.3) is 0 Å². The zero-order valence-corrected chi connectivity index (χ0v) is 11.8. The summed E-state index contributed by atoms with van der Waals surface area (Å²) in [5.74, 6) is 6.23. The highest BCUT2D eigenvalue weighted by molar-refractivity contribution is 7.98. The quantitative estimate of drug-likeness (QED) is 0.394. The number of nitrogens with two attached hydrogens (primary N) is 1. The molecule has 0 radical (unpaired) electrons. The van der Waals surface area contributed by atoms with E-state index in [-0.39, 0.29) is 5.76 Å². The van der Waals surface area contributed by atoms with Crippen LogP contribution in [0.4, 0.5) is 0 Å². The maximum atomic E-state index is 11.3. The van der Waals surface area contributed by atoms with Gasteiger partial charge in [-0.3, -0.25) is 10.2 Å². The third-order valence-electron chi connectivity index (χ3n) is 2.60. The van der Waals surface area contributed by atoms with E-state index in [1.165, 1.54) is 0 Å². The second kappa shape index (κ2) is 6.14. The Kier molecular flexibility index (Phi) is 4.52. The number of thioether (sulfide) groups is 1. The molecule has 0 saturated carbocycles. The lowest BCUT2D eigenvalue weighted by Gasteiger charge is -2.02. The van der Waals surface area contributed by atoms with E-state index in [1.807, 2.05) is 36.6 Å². The summed E-state index contributed by atoms with van der Waals surface area (Å²) in [4.78, 5) is 12.3. The van der Waals surface area contributed by atoms with Gasteiger partial charge in [0.05, 0.1) is 5.02 Å². The Morgan fingerprint density at radius 3 is 2.89 bits per heavy atom. The number of hydrazine groups is 1. The van der Waals surface area contributed by atoms with Crippen LogP contribution in [-0.4, -0.2) is 5.91 Å². The van der Waals surface area contributed by atoms with Crippen LogP contribution in [0, 0.1) is 6.92 Å². The number of carbonyl (C=O) groups is 1. The molecule has 100 valence electrons. The molecule has 0 bridgehead atoms. The van der Waals surface area contributed by atoms with Crippen LogP contribution >= 0.6 is 23.4 Å². The topological polar surface area (TPSA) is 68.3 Å². The van der Waals surface area contributed by atoms with Gasteiger partial charge < -0.3 is 4.42 Å². The molecule has 3 N–H and O–H groups in total. The number of halogens is 1. The highest BCUT2D eigenvalue weighted by atomic mass is 35.5. The predicted octanol–water partition coefficient (Wildman–Crippen LogP) is 3.14. The smallest absolute Gasteiger partial charge is 0.300 e. The van der Waals surface area contributed by atoms with Gasteiger partial charge in [-0.05, 0) is 25.1 Å². The van der Waals surface area contributed by atoms with Crippen LogP contribution in [0.5, 0.6) is 0 Å². The van der Waals surface area contributed by atoms with Crippen LogP contribution in [0.25, 0.3) is 0 Å². The minimum Gasteiger partial charge on any atom is -0.456 e. The summed E-state index contributed by atoms with van der Waals surface area (Å²) < 4.78 is 5.35. The van der Waals surface area contributed by atoms with Crippen LogP contribution in [0.15, 0.2) is 39.6 Å². The van der Waals surface area contributed by atoms with Crippen molar-refractivity contribution in [2.45, 2.75) is 17.6 Å². The third-order valence-corrected chi connectivity index (χ3v) is 4.16. The van der Waals surface area contributed by atoms with Crippen molar-refractivity contribution in [2.24, 2.45) is 5.84 Å². The molecule has 1 aromatic carbocycles. The van der Waals surface area contributed by atoms with E-state index in [9.17, 15) is 4.79 Å². The first-order chi connectivity index (χ1) is 9.11. The molecule has 1 amide bonds. The van der Waals surface area contributed by atoms with Crippen molar-refractivity contribution in [1.82, 2.24) is 5.43 Å². The van der Waals surface area contributed by atoms with Crippen molar-refractivity contribution >= 4 is 29.3 Å². The molecule has 0 aliphatic rings. The monoisotopic (exact) mass is 296 g/mol. The molecule has 19 heavy (non-hydrogen) atoms. The fraction of sp³-hybridized carbons (Fsp3) is 0.154. The van der Waals surface area contributed by atoms with Crippen LogP contribution in [0.2, 0.25) is 5.02 Å². The summed E-state index contributed by atoms with van der Waals surface area (Å²) in [5.41, 5.74) is 2.99. The fourth-order valence-electron chi connectivity index (χ4n) is 1.56. The maximum absolute atomic E-state index is 11.3. The van der Waals surface area contributed by atoms with Crippen molar-refractivity contribution in [3.63, 3.8) is 0 Å². The molecule has 2 aromatic rings. The van der Waals surface area contributed by atoms with Crippen LogP contribution in [0.3, 0.4) is 0 Å². The van der Waals surface area contributed by atoms with Gasteiger partial charge in [0, 0.05) is 16.2 Å². The molecule has 0 unspecified atom stereocenters. The average Bonchev–Trinajstić information content (AvgIpc) is 2.78. The van der Waals surface area contributed by atoms with E-state index in [4.69, 9.17) is 21.9 Å². The number of hydrogen-bond donors (Lipinski definition) is 2. The number of rotatable bonds is 4. The van der Waals surface area contributed by atoms with Gasteiger partial charge in [0.2, 0.25) is 0 Å². The zero-order valence-electron chi connectivity index (χ0n) is 10.3. The van der Waals surface area contributed by atoms with Gasteiger partial charge in [0.1, 0.15) is 5.76 Å². The first-order valence-corrected chi connectivity index (χ1v) is 6.95. The number of nitrogen functional groups attached to an aromatic ring is 1. The molecule has 4 nitrogen and oxygen atoms in total. The van der Waals surface area contributed by atoms with E-state index < -0.39 is 5.91 Å². The summed E-state index contributed by atoms with van der Waals surface area (Å²) in [6, 6.07) is 9.32. The number of benzene rings is 1. The number of nitrogens with one attached hydrogen (secondary N) is 1. The lowest BCUT2D eigenvalue weighted by atomic mass is 10.3. The Morgan fingerprint density at radius 1 is 1.47 bits per heavy atom. The third kappa shape index (κ3) is 3.32. The summed E-state index contributed by atoms with van der Waals surface area (Å²) in [6.45, 7) is 1.82. The molecule has 6 heteroatoms. The molecule has 2 rings (SSSR count). The second-order valence-electron chi connectivity index (χ2n) is 3.88. The van der Waals surface area contributed by atoms with E-state index in [0.717, 1.165) is 10.5 Å². The molecule has 1 heterocycles. The van der Waals surface area contributed by atoms with Gasteiger partial charge in [-0.1, -0.05) is 23.7 Å². The van der Waals surface area contributed by atoms with Crippen LogP contribution < -0.4 is 11.3 Å². The number of aryl methyl sites for hydroxylation is 1. The lowest BCUT2D eigenvalue weighted by Crippen LogP contribution is -2.29. The SMILES string of the molecule is Cc1oc(C(=O)NN)cc1CSc1ccccc1Cl.